The maximum atomic E-state index is 12.4. The van der Waals surface area contributed by atoms with E-state index in [1.807, 2.05) is 36.4 Å². The third-order valence-corrected chi connectivity index (χ3v) is 4.13. The summed E-state index contributed by atoms with van der Waals surface area (Å²) in [5.74, 6) is -1.60. The Morgan fingerprint density at radius 1 is 0.893 bits per heavy atom. The van der Waals surface area contributed by atoms with Crippen molar-refractivity contribution in [3.63, 3.8) is 0 Å². The molecule has 0 unspecified atom stereocenters. The molecule has 0 aromatic heterocycles. The van der Waals surface area contributed by atoms with Gasteiger partial charge in [0, 0.05) is 0 Å². The highest BCUT2D eigenvalue weighted by atomic mass is 35.5. The number of esters is 2. The molecule has 8 heteroatoms. The first-order valence-corrected chi connectivity index (χ1v) is 8.71. The van der Waals surface area contributed by atoms with Crippen molar-refractivity contribution in [1.82, 2.24) is 4.90 Å². The molecular formula is C20H20ClNO6. The first-order valence-electron chi connectivity index (χ1n) is 8.33. The van der Waals surface area contributed by atoms with Crippen LogP contribution in [0.3, 0.4) is 0 Å². The fourth-order valence-electron chi connectivity index (χ4n) is 2.33. The zero-order valence-electron chi connectivity index (χ0n) is 15.5. The molecule has 0 saturated carbocycles. The van der Waals surface area contributed by atoms with E-state index in [4.69, 9.17) is 16.3 Å². The van der Waals surface area contributed by atoms with E-state index in [0.717, 1.165) is 16.0 Å². The van der Waals surface area contributed by atoms with Crippen LogP contribution in [0, 0.1) is 0 Å². The number of carbonyl (C=O) groups is 3. The molecule has 0 saturated heterocycles. The summed E-state index contributed by atoms with van der Waals surface area (Å²) in [5.41, 5.74) is 1.90. The highest BCUT2D eigenvalue weighted by molar-refractivity contribution is 6.32. The Hall–Kier alpha value is -3.06. The molecule has 0 aliphatic rings. The van der Waals surface area contributed by atoms with Gasteiger partial charge in [0.2, 0.25) is 0 Å². The molecule has 2 rings (SSSR count). The molecule has 7 nitrogen and oxygen atoms in total. The SMILES string of the molecule is COC(=O)CN(CC(=O)OC)C(=O)COc1ccc(-c2ccccc2)cc1Cl. The van der Waals surface area contributed by atoms with Crippen LogP contribution in [-0.2, 0) is 23.9 Å². The number of hydrogen-bond donors (Lipinski definition) is 0. The van der Waals surface area contributed by atoms with E-state index in [9.17, 15) is 14.4 Å². The lowest BCUT2D eigenvalue weighted by Crippen LogP contribution is -2.42. The van der Waals surface area contributed by atoms with Gasteiger partial charge in [-0.2, -0.15) is 0 Å². The molecule has 0 spiro atoms. The Kier molecular flexibility index (Phi) is 7.83. The molecule has 28 heavy (non-hydrogen) atoms. The molecule has 1 amide bonds. The van der Waals surface area contributed by atoms with Crippen LogP contribution in [0.1, 0.15) is 0 Å². The fourth-order valence-corrected chi connectivity index (χ4v) is 2.57. The summed E-state index contributed by atoms with van der Waals surface area (Å²) in [6.07, 6.45) is 0. The molecule has 0 radical (unpaired) electrons. The second-order valence-electron chi connectivity index (χ2n) is 5.70. The second-order valence-corrected chi connectivity index (χ2v) is 6.11. The molecule has 0 atom stereocenters. The summed E-state index contributed by atoms with van der Waals surface area (Å²) < 4.78 is 14.5. The number of rotatable bonds is 8. The summed E-state index contributed by atoms with van der Waals surface area (Å²) in [5, 5.41) is 0.335. The average Bonchev–Trinajstić information content (AvgIpc) is 2.72. The van der Waals surface area contributed by atoms with E-state index in [1.165, 1.54) is 14.2 Å². The topological polar surface area (TPSA) is 82.1 Å². The summed E-state index contributed by atoms with van der Waals surface area (Å²) in [4.78, 5) is 36.3. The van der Waals surface area contributed by atoms with Gasteiger partial charge in [-0.1, -0.05) is 48.0 Å². The van der Waals surface area contributed by atoms with Crippen molar-refractivity contribution in [2.75, 3.05) is 33.9 Å². The average molecular weight is 406 g/mol. The lowest BCUT2D eigenvalue weighted by molar-refractivity contribution is -0.152. The van der Waals surface area contributed by atoms with Gasteiger partial charge in [-0.25, -0.2) is 0 Å². The van der Waals surface area contributed by atoms with Crippen LogP contribution < -0.4 is 4.74 Å². The van der Waals surface area contributed by atoms with Gasteiger partial charge in [-0.05, 0) is 23.3 Å². The normalized spacial score (nSPS) is 10.1. The number of nitrogens with zero attached hydrogens (tertiary/aromatic N) is 1. The Morgan fingerprint density at radius 3 is 2.04 bits per heavy atom. The van der Waals surface area contributed by atoms with Crippen molar-refractivity contribution in [2.24, 2.45) is 0 Å². The molecule has 0 heterocycles. The third-order valence-electron chi connectivity index (χ3n) is 3.84. The second kappa shape index (κ2) is 10.3. The molecule has 2 aromatic rings. The van der Waals surface area contributed by atoms with Crippen molar-refractivity contribution in [3.05, 3.63) is 53.6 Å². The highest BCUT2D eigenvalue weighted by Gasteiger charge is 2.22. The quantitative estimate of drug-likeness (QED) is 0.628. The Balaban J connectivity index is 2.05. The van der Waals surface area contributed by atoms with Crippen molar-refractivity contribution in [3.8, 4) is 16.9 Å². The molecule has 0 aliphatic heterocycles. The lowest BCUT2D eigenvalue weighted by Gasteiger charge is -2.20. The molecule has 2 aromatic carbocycles. The van der Waals surface area contributed by atoms with Gasteiger partial charge in [0.05, 0.1) is 19.2 Å². The van der Waals surface area contributed by atoms with Gasteiger partial charge in [-0.15, -0.1) is 0 Å². The smallest absolute Gasteiger partial charge is 0.325 e. The zero-order valence-corrected chi connectivity index (χ0v) is 16.3. The number of benzene rings is 2. The van der Waals surface area contributed by atoms with E-state index < -0.39 is 37.5 Å². The number of carbonyl (C=O) groups excluding carboxylic acids is 3. The predicted octanol–water partition coefficient (Wildman–Crippen LogP) is 2.56. The summed E-state index contributed by atoms with van der Waals surface area (Å²) in [7, 11) is 2.38. The molecule has 0 N–H and O–H groups in total. The van der Waals surface area contributed by atoms with Gasteiger partial charge >= 0.3 is 11.9 Å². The minimum absolute atomic E-state index is 0.311. The molecule has 0 aliphatic carbocycles. The van der Waals surface area contributed by atoms with Crippen molar-refractivity contribution < 1.29 is 28.6 Å². The van der Waals surface area contributed by atoms with Crippen LogP contribution in [0.5, 0.6) is 5.75 Å². The van der Waals surface area contributed by atoms with E-state index >= 15 is 0 Å². The predicted molar refractivity (Wildman–Crippen MR) is 103 cm³/mol. The van der Waals surface area contributed by atoms with Gasteiger partial charge in [0.25, 0.3) is 5.91 Å². The zero-order chi connectivity index (χ0) is 20.5. The monoisotopic (exact) mass is 405 g/mol. The van der Waals surface area contributed by atoms with Crippen molar-refractivity contribution in [1.29, 1.82) is 0 Å². The van der Waals surface area contributed by atoms with Crippen LogP contribution in [-0.4, -0.2) is 56.7 Å². The number of methoxy groups -OCH3 is 2. The van der Waals surface area contributed by atoms with Gasteiger partial charge < -0.3 is 19.1 Å². The van der Waals surface area contributed by atoms with E-state index in [-0.39, 0.29) is 0 Å². The van der Waals surface area contributed by atoms with Crippen LogP contribution in [0.15, 0.2) is 48.5 Å². The van der Waals surface area contributed by atoms with Crippen LogP contribution in [0.25, 0.3) is 11.1 Å². The molecule has 148 valence electrons. The largest absolute Gasteiger partial charge is 0.482 e. The first-order chi connectivity index (χ1) is 13.4. The van der Waals surface area contributed by atoms with E-state index in [0.29, 0.717) is 10.8 Å². The van der Waals surface area contributed by atoms with E-state index in [2.05, 4.69) is 9.47 Å². The summed E-state index contributed by atoms with van der Waals surface area (Å²) in [6, 6.07) is 14.9. The highest BCUT2D eigenvalue weighted by Crippen LogP contribution is 2.30. The number of amides is 1. The first kappa shape index (κ1) is 21.2. The number of halogens is 1. The van der Waals surface area contributed by atoms with Crippen LogP contribution in [0.2, 0.25) is 5.02 Å². The third kappa shape index (κ3) is 5.99. The Morgan fingerprint density at radius 2 is 1.50 bits per heavy atom. The Labute approximate surface area is 167 Å². The summed E-state index contributed by atoms with van der Waals surface area (Å²) >= 11 is 6.26. The molecule has 0 fully saturated rings. The van der Waals surface area contributed by atoms with Gasteiger partial charge in [-0.3, -0.25) is 14.4 Å². The minimum Gasteiger partial charge on any atom is -0.482 e. The number of hydrogen-bond acceptors (Lipinski definition) is 6. The standard InChI is InChI=1S/C20H20ClNO6/c1-26-19(24)11-22(12-20(25)27-2)18(23)13-28-17-9-8-15(10-16(17)21)14-6-4-3-5-7-14/h3-10H,11-13H2,1-2H3. The molecule has 0 bridgehead atoms. The van der Waals surface area contributed by atoms with Crippen molar-refractivity contribution >= 4 is 29.4 Å². The van der Waals surface area contributed by atoms with E-state index in [1.54, 1.807) is 12.1 Å². The summed E-state index contributed by atoms with van der Waals surface area (Å²) in [6.45, 7) is -1.19. The number of ether oxygens (including phenoxy) is 3. The molecular weight excluding hydrogens is 386 g/mol. The van der Waals surface area contributed by atoms with Crippen LogP contribution >= 0.6 is 11.6 Å². The lowest BCUT2D eigenvalue weighted by atomic mass is 10.1. The van der Waals surface area contributed by atoms with Gasteiger partial charge in [0.15, 0.2) is 6.61 Å². The maximum absolute atomic E-state index is 12.4. The maximum Gasteiger partial charge on any atom is 0.325 e. The van der Waals surface area contributed by atoms with Crippen LogP contribution in [0.4, 0.5) is 0 Å². The minimum atomic E-state index is -0.664. The van der Waals surface area contributed by atoms with Gasteiger partial charge in [0.1, 0.15) is 18.8 Å². The Bertz CT molecular complexity index is 822. The van der Waals surface area contributed by atoms with Crippen molar-refractivity contribution in [2.45, 2.75) is 0 Å². The fraction of sp³-hybridized carbons (Fsp3) is 0.250.